The molecule has 2 heterocycles. The molecular weight excluding hydrogens is 437 g/mol. The van der Waals surface area contributed by atoms with Crippen LogP contribution in [-0.4, -0.2) is 66.4 Å². The molecule has 0 saturated carbocycles. The van der Waals surface area contributed by atoms with Crippen molar-refractivity contribution in [2.24, 2.45) is 17.8 Å². The molecule has 0 bridgehead atoms. The number of rotatable bonds is 8. The summed E-state index contributed by atoms with van der Waals surface area (Å²) in [6, 6.07) is 5.32. The lowest BCUT2D eigenvalue weighted by Crippen LogP contribution is -2.52. The van der Waals surface area contributed by atoms with E-state index in [1.807, 2.05) is 26.0 Å². The van der Waals surface area contributed by atoms with Gasteiger partial charge >= 0.3 is 0 Å². The van der Waals surface area contributed by atoms with Crippen molar-refractivity contribution < 1.29 is 23.5 Å². The summed E-state index contributed by atoms with van der Waals surface area (Å²) in [6.07, 6.45) is 5.40. The van der Waals surface area contributed by atoms with Crippen LogP contribution in [0.5, 0.6) is 0 Å². The van der Waals surface area contributed by atoms with Crippen LogP contribution in [0.2, 0.25) is 0 Å². The number of carbonyl (C=O) groups excluding carboxylic acids is 3. The number of allylic oxidation sites excluding steroid dienone is 2. The minimum absolute atomic E-state index is 0.129. The summed E-state index contributed by atoms with van der Waals surface area (Å²) in [5, 5.41) is 3.02. The number of halogens is 1. The molecule has 0 unspecified atom stereocenters. The molecule has 184 valence electrons. The molecule has 0 radical (unpaired) electrons. The fraction of sp³-hybridized carbons (Fsp3) is 0.577. The summed E-state index contributed by atoms with van der Waals surface area (Å²) in [6.45, 7) is 6.84. The van der Waals surface area contributed by atoms with E-state index in [0.29, 0.717) is 52.1 Å². The van der Waals surface area contributed by atoms with Crippen molar-refractivity contribution in [3.63, 3.8) is 0 Å². The number of nitrogens with one attached hydrogen (secondary N) is 1. The van der Waals surface area contributed by atoms with E-state index in [-0.39, 0.29) is 47.3 Å². The summed E-state index contributed by atoms with van der Waals surface area (Å²) < 4.78 is 19.0. The lowest BCUT2D eigenvalue weighted by molar-refractivity contribution is -0.148. The lowest BCUT2D eigenvalue weighted by atomic mass is 9.85. The second-order valence-corrected chi connectivity index (χ2v) is 9.81. The quantitative estimate of drug-likeness (QED) is 0.466. The number of hydrogen-bond donors (Lipinski definition) is 1. The topological polar surface area (TPSA) is 79.0 Å². The zero-order valence-electron chi connectivity index (χ0n) is 19.9. The van der Waals surface area contributed by atoms with Crippen molar-refractivity contribution >= 4 is 17.7 Å². The van der Waals surface area contributed by atoms with E-state index in [2.05, 4.69) is 10.2 Å². The van der Waals surface area contributed by atoms with Gasteiger partial charge in [0, 0.05) is 19.6 Å². The van der Waals surface area contributed by atoms with E-state index < -0.39 is 6.04 Å². The average Bonchev–Trinajstić information content (AvgIpc) is 3.09. The molecule has 1 aromatic rings. The molecule has 3 amide bonds. The third-order valence-electron chi connectivity index (χ3n) is 7.06. The van der Waals surface area contributed by atoms with E-state index >= 15 is 0 Å². The number of ether oxygens (including phenoxy) is 1. The normalized spacial score (nSPS) is 24.9. The fourth-order valence-electron chi connectivity index (χ4n) is 5.26. The Balaban J connectivity index is 1.51. The Kier molecular flexibility index (Phi) is 7.78. The molecule has 2 fully saturated rings. The van der Waals surface area contributed by atoms with Crippen LogP contribution in [0.15, 0.2) is 36.4 Å². The zero-order valence-corrected chi connectivity index (χ0v) is 19.9. The maximum absolute atomic E-state index is 13.5. The second kappa shape index (κ2) is 10.8. The molecule has 4 rings (SSSR count). The van der Waals surface area contributed by atoms with Crippen molar-refractivity contribution in [1.29, 1.82) is 0 Å². The van der Waals surface area contributed by atoms with Crippen LogP contribution in [-0.2, 0) is 19.1 Å². The second-order valence-electron chi connectivity index (χ2n) is 9.81. The van der Waals surface area contributed by atoms with Crippen LogP contribution in [0, 0.1) is 23.6 Å². The predicted molar refractivity (Wildman–Crippen MR) is 125 cm³/mol. The number of amides is 3. The third kappa shape index (κ3) is 5.23. The van der Waals surface area contributed by atoms with Gasteiger partial charge in [-0.25, -0.2) is 4.39 Å². The Morgan fingerprint density at radius 1 is 1.06 bits per heavy atom. The highest BCUT2D eigenvalue weighted by Crippen LogP contribution is 2.37. The molecule has 0 spiro atoms. The van der Waals surface area contributed by atoms with Crippen molar-refractivity contribution in [2.75, 3.05) is 32.8 Å². The monoisotopic (exact) mass is 471 g/mol. The highest BCUT2D eigenvalue weighted by atomic mass is 19.1. The van der Waals surface area contributed by atoms with Crippen LogP contribution in [0.4, 0.5) is 4.39 Å². The maximum Gasteiger partial charge on any atom is 0.243 e. The standard InChI is InChI=1S/C26H34FN3O4/c1-17(2)15-22(30-25(32)20-5-3-4-6-21(20)26(30)33)24(31)28-16-23(29-11-13-34-14-12-29)18-7-9-19(27)10-8-18/h3-4,7-10,17,20-23H,5-6,11-16H2,1-2H3,(H,28,31)/t20-,21-,22+,23+/m0/s1. The molecule has 0 aromatic heterocycles. The fourth-order valence-corrected chi connectivity index (χ4v) is 5.26. The first-order valence-corrected chi connectivity index (χ1v) is 12.2. The van der Waals surface area contributed by atoms with E-state index in [9.17, 15) is 18.8 Å². The molecule has 1 N–H and O–H groups in total. The minimum atomic E-state index is -0.829. The molecule has 2 saturated heterocycles. The highest BCUT2D eigenvalue weighted by Gasteiger charge is 2.51. The lowest BCUT2D eigenvalue weighted by Gasteiger charge is -2.35. The number of likely N-dealkylation sites (tertiary alicyclic amines) is 1. The van der Waals surface area contributed by atoms with Gasteiger partial charge in [-0.1, -0.05) is 38.1 Å². The van der Waals surface area contributed by atoms with Gasteiger partial charge < -0.3 is 10.1 Å². The van der Waals surface area contributed by atoms with Gasteiger partial charge in [-0.2, -0.15) is 0 Å². The third-order valence-corrected chi connectivity index (χ3v) is 7.06. The Morgan fingerprint density at radius 3 is 2.21 bits per heavy atom. The van der Waals surface area contributed by atoms with Gasteiger partial charge in [0.2, 0.25) is 17.7 Å². The summed E-state index contributed by atoms with van der Waals surface area (Å²) >= 11 is 0. The molecule has 4 atom stereocenters. The van der Waals surface area contributed by atoms with Crippen LogP contribution < -0.4 is 5.32 Å². The number of benzene rings is 1. The Labute approximate surface area is 200 Å². The molecule has 3 aliphatic rings. The first kappa shape index (κ1) is 24.5. The van der Waals surface area contributed by atoms with Gasteiger partial charge in [0.1, 0.15) is 11.9 Å². The van der Waals surface area contributed by atoms with Crippen molar-refractivity contribution in [3.8, 4) is 0 Å². The van der Waals surface area contributed by atoms with Gasteiger partial charge in [-0.05, 0) is 42.9 Å². The van der Waals surface area contributed by atoms with E-state index in [1.54, 1.807) is 12.1 Å². The van der Waals surface area contributed by atoms with Crippen LogP contribution in [0.1, 0.15) is 44.7 Å². The number of fused-ring (bicyclic) bond motifs is 1. The van der Waals surface area contributed by atoms with E-state index in [1.165, 1.54) is 17.0 Å². The van der Waals surface area contributed by atoms with Crippen LogP contribution in [0.25, 0.3) is 0 Å². The molecule has 7 nitrogen and oxygen atoms in total. The van der Waals surface area contributed by atoms with Crippen LogP contribution >= 0.6 is 0 Å². The van der Waals surface area contributed by atoms with Crippen molar-refractivity contribution in [3.05, 3.63) is 47.8 Å². The van der Waals surface area contributed by atoms with Crippen molar-refractivity contribution in [1.82, 2.24) is 15.1 Å². The van der Waals surface area contributed by atoms with Crippen LogP contribution in [0.3, 0.4) is 0 Å². The molecular formula is C26H34FN3O4. The first-order valence-electron chi connectivity index (χ1n) is 12.2. The zero-order chi connectivity index (χ0) is 24.2. The van der Waals surface area contributed by atoms with E-state index in [4.69, 9.17) is 4.74 Å². The molecule has 1 aliphatic carbocycles. The molecule has 2 aliphatic heterocycles. The molecule has 34 heavy (non-hydrogen) atoms. The van der Waals surface area contributed by atoms with Gasteiger partial charge in [-0.3, -0.25) is 24.2 Å². The Morgan fingerprint density at radius 2 is 1.65 bits per heavy atom. The highest BCUT2D eigenvalue weighted by molar-refractivity contribution is 6.08. The molecule has 8 heteroatoms. The number of carbonyl (C=O) groups is 3. The van der Waals surface area contributed by atoms with Gasteiger partial charge in [-0.15, -0.1) is 0 Å². The Hall–Kier alpha value is -2.58. The summed E-state index contributed by atoms with van der Waals surface area (Å²) in [5.41, 5.74) is 0.898. The number of nitrogens with zero attached hydrogens (tertiary/aromatic N) is 2. The maximum atomic E-state index is 13.5. The number of hydrogen-bond acceptors (Lipinski definition) is 5. The minimum Gasteiger partial charge on any atom is -0.379 e. The number of morpholine rings is 1. The van der Waals surface area contributed by atoms with Gasteiger partial charge in [0.15, 0.2) is 0 Å². The van der Waals surface area contributed by atoms with Crippen molar-refractivity contribution in [2.45, 2.75) is 45.2 Å². The Bertz CT molecular complexity index is 900. The summed E-state index contributed by atoms with van der Waals surface area (Å²) in [5.74, 6) is -1.69. The van der Waals surface area contributed by atoms with E-state index in [0.717, 1.165) is 5.56 Å². The largest absolute Gasteiger partial charge is 0.379 e. The smallest absolute Gasteiger partial charge is 0.243 e. The van der Waals surface area contributed by atoms with Gasteiger partial charge in [0.05, 0.1) is 31.1 Å². The van der Waals surface area contributed by atoms with Gasteiger partial charge in [0.25, 0.3) is 0 Å². The first-order chi connectivity index (χ1) is 16.4. The predicted octanol–water partition coefficient (Wildman–Crippen LogP) is 2.68. The summed E-state index contributed by atoms with van der Waals surface area (Å²) in [4.78, 5) is 43.2. The summed E-state index contributed by atoms with van der Waals surface area (Å²) in [7, 11) is 0. The SMILES string of the molecule is CC(C)C[C@H](C(=O)NC[C@H](c1ccc(F)cc1)N1CCOCC1)N1C(=O)[C@H]2CC=CC[C@@H]2C1=O. The molecule has 1 aromatic carbocycles. The average molecular weight is 472 g/mol. The number of imide groups is 1.